The van der Waals surface area contributed by atoms with Crippen molar-refractivity contribution < 1.29 is 14.4 Å². The Bertz CT molecular complexity index is 724. The van der Waals surface area contributed by atoms with Crippen molar-refractivity contribution in [1.82, 2.24) is 0 Å². The van der Waals surface area contributed by atoms with Crippen LogP contribution in [0.3, 0.4) is 0 Å². The van der Waals surface area contributed by atoms with Crippen LogP contribution in [-0.4, -0.2) is 18.3 Å². The van der Waals surface area contributed by atoms with Gasteiger partial charge in [-0.2, -0.15) is 0 Å². The van der Waals surface area contributed by atoms with Crippen LogP contribution in [0.15, 0.2) is 65.8 Å². The zero-order valence-corrected chi connectivity index (χ0v) is 16.3. The predicted octanol–water partition coefficient (Wildman–Crippen LogP) is 5.31. The molecule has 2 aromatic carbocycles. The molecular formula is C24H29NO3. The van der Waals surface area contributed by atoms with Gasteiger partial charge in [0.05, 0.1) is 12.1 Å². The number of hydrogen-bond acceptors (Lipinski definition) is 4. The summed E-state index contributed by atoms with van der Waals surface area (Å²) in [7, 11) is 0. The summed E-state index contributed by atoms with van der Waals surface area (Å²) in [5, 5.41) is 4.08. The van der Waals surface area contributed by atoms with Crippen LogP contribution < -0.4 is 0 Å². The summed E-state index contributed by atoms with van der Waals surface area (Å²) in [5.41, 5.74) is 2.28. The van der Waals surface area contributed by atoms with Gasteiger partial charge in [-0.3, -0.25) is 4.79 Å². The van der Waals surface area contributed by atoms with Gasteiger partial charge >= 0.3 is 5.97 Å². The smallest absolute Gasteiger partial charge is 0.309 e. The minimum absolute atomic E-state index is 0.0339. The Morgan fingerprint density at radius 1 is 0.964 bits per heavy atom. The molecule has 0 radical (unpaired) electrons. The monoisotopic (exact) mass is 379 g/mol. The van der Waals surface area contributed by atoms with Crippen LogP contribution in [0.5, 0.6) is 0 Å². The van der Waals surface area contributed by atoms with Crippen LogP contribution in [0.1, 0.15) is 49.7 Å². The van der Waals surface area contributed by atoms with E-state index in [1.165, 1.54) is 12.0 Å². The highest BCUT2D eigenvalue weighted by atomic mass is 16.6. The number of hydrogen-bond donors (Lipinski definition) is 0. The van der Waals surface area contributed by atoms with Gasteiger partial charge in [-0.05, 0) is 36.8 Å². The summed E-state index contributed by atoms with van der Waals surface area (Å²) in [6.07, 6.45) is 8.10. The largest absolute Gasteiger partial charge is 0.456 e. The number of esters is 1. The van der Waals surface area contributed by atoms with E-state index in [0.29, 0.717) is 13.0 Å². The lowest BCUT2D eigenvalue weighted by molar-refractivity contribution is -0.152. The lowest BCUT2D eigenvalue weighted by atomic mass is 9.89. The Labute approximate surface area is 167 Å². The average Bonchev–Trinajstić information content (AvgIpc) is 2.77. The van der Waals surface area contributed by atoms with E-state index in [1.54, 1.807) is 6.21 Å². The Kier molecular flexibility index (Phi) is 8.10. The molecule has 0 heterocycles. The molecule has 4 heteroatoms. The van der Waals surface area contributed by atoms with Gasteiger partial charge in [0.2, 0.25) is 0 Å². The van der Waals surface area contributed by atoms with Gasteiger partial charge in [-0.1, -0.05) is 85.1 Å². The molecule has 0 bridgehead atoms. The van der Waals surface area contributed by atoms with E-state index in [0.717, 1.165) is 37.7 Å². The summed E-state index contributed by atoms with van der Waals surface area (Å²) in [4.78, 5) is 18.0. The van der Waals surface area contributed by atoms with Gasteiger partial charge in [0.25, 0.3) is 0 Å². The normalized spacial score (nSPS) is 16.0. The van der Waals surface area contributed by atoms with Crippen LogP contribution in [0.4, 0.5) is 0 Å². The summed E-state index contributed by atoms with van der Waals surface area (Å²) in [6.45, 7) is 0.402. The number of carbonyl (C=O) groups excluding carboxylic acids is 1. The van der Waals surface area contributed by atoms with E-state index < -0.39 is 0 Å². The number of aryl methyl sites for hydroxylation is 1. The zero-order chi connectivity index (χ0) is 19.4. The molecule has 1 fully saturated rings. The molecule has 3 rings (SSSR count). The topological polar surface area (TPSA) is 47.9 Å². The fourth-order valence-corrected chi connectivity index (χ4v) is 3.50. The van der Waals surface area contributed by atoms with Gasteiger partial charge < -0.3 is 9.57 Å². The van der Waals surface area contributed by atoms with E-state index in [-0.39, 0.29) is 18.0 Å². The van der Waals surface area contributed by atoms with E-state index in [9.17, 15) is 4.79 Å². The molecule has 1 aliphatic carbocycles. The fourth-order valence-electron chi connectivity index (χ4n) is 3.50. The first-order valence-electron chi connectivity index (χ1n) is 10.2. The Balaban J connectivity index is 1.54. The third kappa shape index (κ3) is 6.84. The molecule has 0 aliphatic heterocycles. The molecule has 2 aromatic rings. The molecular weight excluding hydrogens is 350 g/mol. The van der Waals surface area contributed by atoms with E-state index in [1.807, 2.05) is 48.5 Å². The number of benzene rings is 2. The maximum absolute atomic E-state index is 12.5. The summed E-state index contributed by atoms with van der Waals surface area (Å²) in [6, 6.07) is 20.1. The average molecular weight is 380 g/mol. The molecule has 4 nitrogen and oxygen atoms in total. The minimum Gasteiger partial charge on any atom is -0.456 e. The molecule has 1 atom stereocenters. The molecule has 28 heavy (non-hydrogen) atoms. The third-order valence-corrected chi connectivity index (χ3v) is 5.14. The second-order valence-corrected chi connectivity index (χ2v) is 7.35. The SMILES string of the molecule is O=C(O[C@@H](/C=N/OCc1ccccc1)CCc1ccccc1)C1CCCCC1. The van der Waals surface area contributed by atoms with Gasteiger partial charge in [0.1, 0.15) is 12.7 Å². The zero-order valence-electron chi connectivity index (χ0n) is 16.3. The van der Waals surface area contributed by atoms with Crippen molar-refractivity contribution in [1.29, 1.82) is 0 Å². The summed E-state index contributed by atoms with van der Waals surface area (Å²) >= 11 is 0. The second-order valence-electron chi connectivity index (χ2n) is 7.35. The molecule has 148 valence electrons. The van der Waals surface area contributed by atoms with Crippen molar-refractivity contribution in [2.75, 3.05) is 0 Å². The minimum atomic E-state index is -0.370. The summed E-state index contributed by atoms with van der Waals surface area (Å²) in [5.74, 6) is -0.0566. The molecule has 1 saturated carbocycles. The van der Waals surface area contributed by atoms with Crippen LogP contribution in [-0.2, 0) is 27.4 Å². The fraction of sp³-hybridized carbons (Fsp3) is 0.417. The van der Waals surface area contributed by atoms with Crippen molar-refractivity contribution >= 4 is 12.2 Å². The lowest BCUT2D eigenvalue weighted by Gasteiger charge is -2.22. The Morgan fingerprint density at radius 3 is 2.29 bits per heavy atom. The van der Waals surface area contributed by atoms with Crippen molar-refractivity contribution in [2.45, 2.75) is 57.7 Å². The predicted molar refractivity (Wildman–Crippen MR) is 111 cm³/mol. The first kappa shape index (κ1) is 20.1. The van der Waals surface area contributed by atoms with Gasteiger partial charge in [-0.25, -0.2) is 0 Å². The van der Waals surface area contributed by atoms with Crippen molar-refractivity contribution in [3.05, 3.63) is 71.8 Å². The quantitative estimate of drug-likeness (QED) is 0.337. The second kappa shape index (κ2) is 11.3. The van der Waals surface area contributed by atoms with Crippen molar-refractivity contribution in [3.8, 4) is 0 Å². The van der Waals surface area contributed by atoms with Gasteiger partial charge in [-0.15, -0.1) is 0 Å². The molecule has 0 amide bonds. The van der Waals surface area contributed by atoms with Crippen LogP contribution in [0.25, 0.3) is 0 Å². The first-order chi connectivity index (χ1) is 13.8. The highest BCUT2D eigenvalue weighted by Gasteiger charge is 2.24. The van der Waals surface area contributed by atoms with Crippen LogP contribution in [0, 0.1) is 5.92 Å². The van der Waals surface area contributed by atoms with Crippen molar-refractivity contribution in [2.24, 2.45) is 11.1 Å². The first-order valence-corrected chi connectivity index (χ1v) is 10.2. The standard InChI is InChI=1S/C24H29NO3/c26-24(22-14-8-3-9-15-22)28-23(17-16-20-10-4-1-5-11-20)18-25-27-19-21-12-6-2-7-13-21/h1-2,4-7,10-13,18,22-23H,3,8-9,14-17,19H2/b25-18+/t23-/m1/s1. The number of oxime groups is 1. The number of carbonyl (C=O) groups is 1. The molecule has 0 aromatic heterocycles. The molecule has 0 N–H and O–H groups in total. The van der Waals surface area contributed by atoms with E-state index in [4.69, 9.17) is 9.57 Å². The maximum Gasteiger partial charge on any atom is 0.309 e. The van der Waals surface area contributed by atoms with Crippen molar-refractivity contribution in [3.63, 3.8) is 0 Å². The molecule has 0 saturated heterocycles. The third-order valence-electron chi connectivity index (χ3n) is 5.14. The number of ether oxygens (including phenoxy) is 1. The van der Waals surface area contributed by atoms with Gasteiger partial charge in [0.15, 0.2) is 0 Å². The highest BCUT2D eigenvalue weighted by molar-refractivity contribution is 5.76. The van der Waals surface area contributed by atoms with E-state index >= 15 is 0 Å². The van der Waals surface area contributed by atoms with Gasteiger partial charge in [0, 0.05) is 0 Å². The van der Waals surface area contributed by atoms with Crippen LogP contribution >= 0.6 is 0 Å². The van der Waals surface area contributed by atoms with Crippen LogP contribution in [0.2, 0.25) is 0 Å². The number of rotatable bonds is 9. The summed E-state index contributed by atoms with van der Waals surface area (Å²) < 4.78 is 5.80. The molecule has 1 aliphatic rings. The number of nitrogens with zero attached hydrogens (tertiary/aromatic N) is 1. The Hall–Kier alpha value is -2.62. The lowest BCUT2D eigenvalue weighted by Crippen LogP contribution is -2.27. The molecule has 0 spiro atoms. The maximum atomic E-state index is 12.5. The Morgan fingerprint density at radius 2 is 1.61 bits per heavy atom. The molecule has 0 unspecified atom stereocenters. The highest BCUT2D eigenvalue weighted by Crippen LogP contribution is 2.25. The van der Waals surface area contributed by atoms with E-state index in [2.05, 4.69) is 17.3 Å².